The molecule has 2 aromatic heterocycles. The number of nitrogens with zero attached hydrogens (tertiary/aromatic N) is 1. The normalized spacial score (nSPS) is 11.7. The van der Waals surface area contributed by atoms with Gasteiger partial charge in [0.15, 0.2) is 0 Å². The lowest BCUT2D eigenvalue weighted by Crippen LogP contribution is -2.40. The van der Waals surface area contributed by atoms with E-state index in [1.165, 1.54) is 11.3 Å². The highest BCUT2D eigenvalue weighted by Gasteiger charge is 2.20. The van der Waals surface area contributed by atoms with Gasteiger partial charge in [-0.25, -0.2) is 0 Å². The van der Waals surface area contributed by atoms with Gasteiger partial charge < -0.3 is 11.1 Å². The van der Waals surface area contributed by atoms with Crippen LogP contribution >= 0.6 is 11.3 Å². The van der Waals surface area contributed by atoms with E-state index < -0.39 is 0 Å². The number of amides is 1. The molecule has 0 fully saturated rings. The zero-order valence-electron chi connectivity index (χ0n) is 10.1. The molecule has 0 aliphatic rings. The fraction of sp³-hybridized carbons (Fsp3) is 0.333. The molecule has 2 rings (SSSR count). The standard InChI is InChI=1S/C12H15N3OS/c1-12(2,3)15-11(16)10-9(13)7-4-5-14-6-8(7)17-10/h4-6H,13H2,1-3H3,(H,15,16). The molecule has 0 bridgehead atoms. The first-order chi connectivity index (χ1) is 7.88. The van der Waals surface area contributed by atoms with Gasteiger partial charge >= 0.3 is 0 Å². The SMILES string of the molecule is CC(C)(C)NC(=O)c1sc2cnccc2c1N. The van der Waals surface area contributed by atoms with Crippen LogP contribution < -0.4 is 11.1 Å². The number of thiophene rings is 1. The molecule has 90 valence electrons. The molecule has 2 heterocycles. The van der Waals surface area contributed by atoms with Crippen molar-refractivity contribution in [3.63, 3.8) is 0 Å². The Morgan fingerprint density at radius 2 is 2.18 bits per heavy atom. The summed E-state index contributed by atoms with van der Waals surface area (Å²) < 4.78 is 0.934. The van der Waals surface area contributed by atoms with Gasteiger partial charge in [0.1, 0.15) is 4.88 Å². The van der Waals surface area contributed by atoms with Gasteiger partial charge in [0.05, 0.1) is 10.4 Å². The number of nitrogen functional groups attached to an aromatic ring is 1. The Balaban J connectivity index is 2.43. The lowest BCUT2D eigenvalue weighted by molar-refractivity contribution is 0.0924. The summed E-state index contributed by atoms with van der Waals surface area (Å²) in [5.74, 6) is -0.129. The number of rotatable bonds is 1. The van der Waals surface area contributed by atoms with Crippen LogP contribution in [-0.4, -0.2) is 16.4 Å². The second-order valence-corrected chi connectivity index (χ2v) is 5.97. The molecule has 4 nitrogen and oxygen atoms in total. The fourth-order valence-electron chi connectivity index (χ4n) is 1.54. The first-order valence-electron chi connectivity index (χ1n) is 5.33. The largest absolute Gasteiger partial charge is 0.397 e. The molecule has 0 aliphatic carbocycles. The predicted octanol–water partition coefficient (Wildman–Crippen LogP) is 2.41. The Morgan fingerprint density at radius 1 is 1.47 bits per heavy atom. The highest BCUT2D eigenvalue weighted by Crippen LogP contribution is 2.32. The molecule has 0 radical (unpaired) electrons. The lowest BCUT2D eigenvalue weighted by Gasteiger charge is -2.20. The van der Waals surface area contributed by atoms with Crippen molar-refractivity contribution in [3.05, 3.63) is 23.3 Å². The van der Waals surface area contributed by atoms with Gasteiger partial charge in [0.2, 0.25) is 0 Å². The number of anilines is 1. The van der Waals surface area contributed by atoms with Crippen molar-refractivity contribution in [2.75, 3.05) is 5.73 Å². The molecule has 0 aliphatic heterocycles. The number of aromatic nitrogens is 1. The van der Waals surface area contributed by atoms with Gasteiger partial charge in [-0.05, 0) is 26.8 Å². The van der Waals surface area contributed by atoms with Crippen molar-refractivity contribution in [3.8, 4) is 0 Å². The molecule has 0 saturated heterocycles. The van der Waals surface area contributed by atoms with E-state index in [2.05, 4.69) is 10.3 Å². The van der Waals surface area contributed by atoms with Crippen LogP contribution in [0.3, 0.4) is 0 Å². The molecule has 0 spiro atoms. The summed E-state index contributed by atoms with van der Waals surface area (Å²) in [5.41, 5.74) is 6.25. The summed E-state index contributed by atoms with van der Waals surface area (Å²) in [7, 11) is 0. The van der Waals surface area contributed by atoms with E-state index in [9.17, 15) is 4.79 Å². The zero-order chi connectivity index (χ0) is 12.6. The monoisotopic (exact) mass is 249 g/mol. The van der Waals surface area contributed by atoms with Crippen LogP contribution in [-0.2, 0) is 0 Å². The average molecular weight is 249 g/mol. The third-order valence-corrected chi connectivity index (χ3v) is 3.38. The Labute approximate surface area is 104 Å². The third-order valence-electron chi connectivity index (χ3n) is 2.23. The minimum atomic E-state index is -0.266. The van der Waals surface area contributed by atoms with Crippen LogP contribution in [0.2, 0.25) is 0 Å². The number of nitrogens with two attached hydrogens (primary N) is 1. The van der Waals surface area contributed by atoms with Gasteiger partial charge in [-0.2, -0.15) is 0 Å². The van der Waals surface area contributed by atoms with Crippen LogP contribution in [0.5, 0.6) is 0 Å². The predicted molar refractivity (Wildman–Crippen MR) is 71.3 cm³/mol. The summed E-state index contributed by atoms with van der Waals surface area (Å²) in [6.07, 6.45) is 3.40. The van der Waals surface area contributed by atoms with E-state index in [0.29, 0.717) is 10.6 Å². The first kappa shape index (κ1) is 11.9. The maximum absolute atomic E-state index is 12.0. The Morgan fingerprint density at radius 3 is 2.76 bits per heavy atom. The molecule has 0 unspecified atom stereocenters. The highest BCUT2D eigenvalue weighted by molar-refractivity contribution is 7.21. The van der Waals surface area contributed by atoms with Crippen LogP contribution in [0.25, 0.3) is 10.1 Å². The molecular weight excluding hydrogens is 234 g/mol. The van der Waals surface area contributed by atoms with Crippen LogP contribution in [0.1, 0.15) is 30.4 Å². The number of hydrogen-bond acceptors (Lipinski definition) is 4. The van der Waals surface area contributed by atoms with Crippen LogP contribution in [0, 0.1) is 0 Å². The molecule has 17 heavy (non-hydrogen) atoms. The first-order valence-corrected chi connectivity index (χ1v) is 6.14. The number of carbonyl (C=O) groups excluding carboxylic acids is 1. The maximum atomic E-state index is 12.0. The van der Waals surface area contributed by atoms with Gasteiger partial charge in [-0.15, -0.1) is 11.3 Å². The van der Waals surface area contributed by atoms with Gasteiger partial charge in [-0.1, -0.05) is 0 Å². The lowest BCUT2D eigenvalue weighted by atomic mass is 10.1. The summed E-state index contributed by atoms with van der Waals surface area (Å²) in [6, 6.07) is 1.83. The average Bonchev–Trinajstić information content (AvgIpc) is 2.55. The molecule has 0 atom stereocenters. The third kappa shape index (κ3) is 2.39. The van der Waals surface area contributed by atoms with Crippen molar-refractivity contribution in [2.45, 2.75) is 26.3 Å². The van der Waals surface area contributed by atoms with E-state index in [1.54, 1.807) is 12.4 Å². The Kier molecular flexibility index (Phi) is 2.79. The van der Waals surface area contributed by atoms with Gasteiger partial charge in [-0.3, -0.25) is 9.78 Å². The second-order valence-electron chi connectivity index (χ2n) is 4.92. The van der Waals surface area contributed by atoms with Crippen molar-refractivity contribution in [1.29, 1.82) is 0 Å². The van der Waals surface area contributed by atoms with Crippen LogP contribution in [0.4, 0.5) is 5.69 Å². The smallest absolute Gasteiger partial charge is 0.263 e. The Bertz CT molecular complexity index is 569. The summed E-state index contributed by atoms with van der Waals surface area (Å²) in [5, 5.41) is 3.80. The van der Waals surface area contributed by atoms with Crippen molar-refractivity contribution in [2.24, 2.45) is 0 Å². The minimum Gasteiger partial charge on any atom is -0.397 e. The van der Waals surface area contributed by atoms with E-state index in [0.717, 1.165) is 10.1 Å². The fourth-order valence-corrected chi connectivity index (χ4v) is 2.52. The molecule has 5 heteroatoms. The van der Waals surface area contributed by atoms with E-state index in [1.807, 2.05) is 26.8 Å². The van der Waals surface area contributed by atoms with E-state index in [4.69, 9.17) is 5.73 Å². The quantitative estimate of drug-likeness (QED) is 0.815. The number of carbonyl (C=O) groups is 1. The maximum Gasteiger partial charge on any atom is 0.263 e. The summed E-state index contributed by atoms with van der Waals surface area (Å²) >= 11 is 1.37. The summed E-state index contributed by atoms with van der Waals surface area (Å²) in [4.78, 5) is 16.6. The van der Waals surface area contributed by atoms with Gasteiger partial charge in [0.25, 0.3) is 5.91 Å². The molecule has 1 amide bonds. The minimum absolute atomic E-state index is 0.129. The molecule has 2 aromatic rings. The van der Waals surface area contributed by atoms with Crippen LogP contribution in [0.15, 0.2) is 18.5 Å². The zero-order valence-corrected chi connectivity index (χ0v) is 10.9. The van der Waals surface area contributed by atoms with Gasteiger partial charge in [0, 0.05) is 23.3 Å². The molecule has 0 saturated carbocycles. The number of fused-ring (bicyclic) bond motifs is 1. The van der Waals surface area contributed by atoms with E-state index >= 15 is 0 Å². The summed E-state index contributed by atoms with van der Waals surface area (Å²) in [6.45, 7) is 5.82. The van der Waals surface area contributed by atoms with Crippen molar-refractivity contribution >= 4 is 33.0 Å². The second kappa shape index (κ2) is 4.00. The topological polar surface area (TPSA) is 68.0 Å². The number of hydrogen-bond donors (Lipinski definition) is 2. The van der Waals surface area contributed by atoms with Crippen molar-refractivity contribution < 1.29 is 4.79 Å². The Hall–Kier alpha value is -1.62. The molecule has 3 N–H and O–H groups in total. The van der Waals surface area contributed by atoms with Crippen molar-refractivity contribution in [1.82, 2.24) is 10.3 Å². The molecular formula is C12H15N3OS. The number of pyridine rings is 1. The van der Waals surface area contributed by atoms with E-state index in [-0.39, 0.29) is 11.4 Å². The molecule has 0 aromatic carbocycles. The highest BCUT2D eigenvalue weighted by atomic mass is 32.1. The number of nitrogens with one attached hydrogen (secondary N) is 1.